The molecule has 0 aliphatic carbocycles. The molecule has 1 aliphatic rings. The van der Waals surface area contributed by atoms with E-state index in [1.54, 1.807) is 0 Å². The number of nitro benzene ring substituents is 1. The summed E-state index contributed by atoms with van der Waals surface area (Å²) in [7, 11) is -4.31. The number of imide groups is 1. The smallest absolute Gasteiger partial charge is 0.339 e. The third-order valence-corrected chi connectivity index (χ3v) is 6.56. The van der Waals surface area contributed by atoms with Gasteiger partial charge in [-0.15, -0.1) is 12.4 Å². The summed E-state index contributed by atoms with van der Waals surface area (Å²) in [4.78, 5) is 35.3. The van der Waals surface area contributed by atoms with Crippen LogP contribution in [-0.4, -0.2) is 42.5 Å². The number of carbonyl (C=O) groups excluding carboxylic acids is 2. The molecule has 0 saturated carbocycles. The first-order valence-corrected chi connectivity index (χ1v) is 11.1. The van der Waals surface area contributed by atoms with E-state index in [4.69, 9.17) is 9.92 Å². The molecule has 170 valence electrons. The van der Waals surface area contributed by atoms with Crippen molar-refractivity contribution in [1.82, 2.24) is 4.90 Å². The van der Waals surface area contributed by atoms with E-state index >= 15 is 0 Å². The number of non-ortho nitro benzene ring substituents is 1. The number of thioether (sulfide) groups is 1. The van der Waals surface area contributed by atoms with Gasteiger partial charge in [-0.2, -0.15) is 8.42 Å². The first kappa shape index (κ1) is 25.3. The number of nitrogens with zero attached hydrogens (tertiary/aromatic N) is 2. The molecule has 1 fully saturated rings. The number of carbonyl (C=O) groups is 2. The molecule has 32 heavy (non-hydrogen) atoms. The average molecular weight is 500 g/mol. The van der Waals surface area contributed by atoms with Crippen molar-refractivity contribution in [3.8, 4) is 5.75 Å². The van der Waals surface area contributed by atoms with Crippen molar-refractivity contribution in [2.75, 3.05) is 13.1 Å². The van der Waals surface area contributed by atoms with E-state index in [0.717, 1.165) is 22.7 Å². The lowest BCUT2D eigenvalue weighted by atomic mass is 10.2. The van der Waals surface area contributed by atoms with E-state index in [0.29, 0.717) is 11.1 Å². The Morgan fingerprint density at radius 1 is 1.19 bits per heavy atom. The van der Waals surface area contributed by atoms with Crippen molar-refractivity contribution < 1.29 is 27.1 Å². The highest BCUT2D eigenvalue weighted by Crippen LogP contribution is 2.32. The van der Waals surface area contributed by atoms with E-state index in [2.05, 4.69) is 0 Å². The molecule has 2 aromatic carbocycles. The van der Waals surface area contributed by atoms with Crippen molar-refractivity contribution in [3.05, 3.63) is 68.6 Å². The van der Waals surface area contributed by atoms with Gasteiger partial charge < -0.3 is 9.92 Å². The summed E-state index contributed by atoms with van der Waals surface area (Å²) in [6.45, 7) is 1.79. The zero-order chi connectivity index (χ0) is 22.8. The number of amides is 2. The monoisotopic (exact) mass is 499 g/mol. The van der Waals surface area contributed by atoms with Gasteiger partial charge in [0, 0.05) is 25.2 Å². The van der Waals surface area contributed by atoms with Crippen LogP contribution in [0.3, 0.4) is 0 Å². The minimum absolute atomic E-state index is 0. The second-order valence-corrected chi connectivity index (χ2v) is 8.94. The molecule has 0 aromatic heterocycles. The van der Waals surface area contributed by atoms with Crippen LogP contribution in [0.15, 0.2) is 52.3 Å². The predicted molar refractivity (Wildman–Crippen MR) is 121 cm³/mol. The van der Waals surface area contributed by atoms with Gasteiger partial charge in [-0.1, -0.05) is 18.2 Å². The normalized spacial score (nSPS) is 15.1. The maximum atomic E-state index is 12.6. The molecular formula is C19H18ClN3O7S2. The van der Waals surface area contributed by atoms with Gasteiger partial charge >= 0.3 is 10.1 Å². The third kappa shape index (κ3) is 5.46. The van der Waals surface area contributed by atoms with E-state index in [1.165, 1.54) is 49.4 Å². The Morgan fingerprint density at radius 3 is 2.44 bits per heavy atom. The van der Waals surface area contributed by atoms with Crippen molar-refractivity contribution in [3.63, 3.8) is 0 Å². The highest BCUT2D eigenvalue weighted by atomic mass is 35.5. The van der Waals surface area contributed by atoms with Gasteiger partial charge in [-0.05, 0) is 48.0 Å². The van der Waals surface area contributed by atoms with Crippen molar-refractivity contribution in [2.24, 2.45) is 5.73 Å². The Hall–Kier alpha value is -2.93. The average Bonchev–Trinajstić information content (AvgIpc) is 2.97. The first-order valence-electron chi connectivity index (χ1n) is 8.87. The third-order valence-electron chi connectivity index (χ3n) is 4.26. The fourth-order valence-electron chi connectivity index (χ4n) is 2.74. The largest absolute Gasteiger partial charge is 0.379 e. The number of aryl methyl sites for hydroxylation is 1. The minimum atomic E-state index is -4.31. The lowest BCUT2D eigenvalue weighted by Gasteiger charge is -2.10. The van der Waals surface area contributed by atoms with Crippen molar-refractivity contribution >= 4 is 57.2 Å². The number of hydrogen-bond acceptors (Lipinski definition) is 9. The molecule has 1 saturated heterocycles. The zero-order valence-corrected chi connectivity index (χ0v) is 19.0. The summed E-state index contributed by atoms with van der Waals surface area (Å²) in [5.41, 5.74) is 5.88. The number of hydrogen-bond donors (Lipinski definition) is 1. The molecule has 2 aromatic rings. The molecule has 0 unspecified atom stereocenters. The second-order valence-electron chi connectivity index (χ2n) is 6.44. The fourth-order valence-corrected chi connectivity index (χ4v) is 4.78. The summed E-state index contributed by atoms with van der Waals surface area (Å²) >= 11 is 0.794. The highest BCUT2D eigenvalue weighted by molar-refractivity contribution is 8.18. The highest BCUT2D eigenvalue weighted by Gasteiger charge is 2.34. The van der Waals surface area contributed by atoms with E-state index in [9.17, 15) is 28.1 Å². The molecule has 1 heterocycles. The molecule has 3 rings (SSSR count). The molecule has 13 heteroatoms. The van der Waals surface area contributed by atoms with Crippen molar-refractivity contribution in [2.45, 2.75) is 11.8 Å². The van der Waals surface area contributed by atoms with Crippen LogP contribution in [0.1, 0.15) is 11.1 Å². The van der Waals surface area contributed by atoms with Crippen LogP contribution in [0.4, 0.5) is 10.5 Å². The molecule has 1 aliphatic heterocycles. The Bertz CT molecular complexity index is 1200. The molecule has 0 bridgehead atoms. The lowest BCUT2D eigenvalue weighted by molar-refractivity contribution is -0.385. The number of rotatable bonds is 7. The molecule has 2 N–H and O–H groups in total. The molecular weight excluding hydrogens is 482 g/mol. The standard InChI is InChI=1S/C19H17N3O7S2.ClH/c1-12-2-5-14(22(25)26)11-17(12)31(27,28)29-15-6-3-13(4-7-15)10-16-18(23)21(9-8-20)19(24)30-16;/h2-7,10-11H,8-9,20H2,1H3;1H. The van der Waals surface area contributed by atoms with Gasteiger partial charge in [0.15, 0.2) is 0 Å². The van der Waals surface area contributed by atoms with Crippen LogP contribution in [0, 0.1) is 17.0 Å². The maximum absolute atomic E-state index is 12.6. The summed E-state index contributed by atoms with van der Waals surface area (Å²) in [5.74, 6) is -0.455. The summed E-state index contributed by atoms with van der Waals surface area (Å²) in [6, 6.07) is 9.26. The second kappa shape index (κ2) is 10.1. The van der Waals surface area contributed by atoms with Crippen molar-refractivity contribution in [1.29, 1.82) is 0 Å². The molecule has 10 nitrogen and oxygen atoms in total. The van der Waals surface area contributed by atoms with Gasteiger partial charge in [0.05, 0.1) is 9.83 Å². The number of nitrogens with two attached hydrogens (primary N) is 1. The van der Waals surface area contributed by atoms with Crippen LogP contribution in [0.2, 0.25) is 0 Å². The van der Waals surface area contributed by atoms with E-state index < -0.39 is 26.2 Å². The zero-order valence-electron chi connectivity index (χ0n) is 16.6. The maximum Gasteiger partial charge on any atom is 0.339 e. The number of benzene rings is 2. The summed E-state index contributed by atoms with van der Waals surface area (Å²) in [6.07, 6.45) is 1.50. The van der Waals surface area contributed by atoms with Gasteiger partial charge in [0.1, 0.15) is 10.6 Å². The molecule has 0 atom stereocenters. The Morgan fingerprint density at radius 2 is 1.84 bits per heavy atom. The van der Waals surface area contributed by atoms with Crippen LogP contribution in [0.5, 0.6) is 5.75 Å². The lowest BCUT2D eigenvalue weighted by Crippen LogP contribution is -2.33. The Kier molecular flexibility index (Phi) is 8.02. The van der Waals surface area contributed by atoms with E-state index in [1.807, 2.05) is 0 Å². The SMILES string of the molecule is Cc1ccc([N+](=O)[O-])cc1S(=O)(=O)Oc1ccc(C=C2SC(=O)N(CCN)C2=O)cc1.Cl. The predicted octanol–water partition coefficient (Wildman–Crippen LogP) is 3.09. The first-order chi connectivity index (χ1) is 14.6. The van der Waals surface area contributed by atoms with Crippen LogP contribution in [-0.2, 0) is 14.9 Å². The molecule has 0 spiro atoms. The molecule has 2 amide bonds. The van der Waals surface area contributed by atoms with Gasteiger partial charge in [-0.3, -0.25) is 24.6 Å². The number of halogens is 1. The minimum Gasteiger partial charge on any atom is -0.379 e. The fraction of sp³-hybridized carbons (Fsp3) is 0.158. The quantitative estimate of drug-likeness (QED) is 0.262. The van der Waals surface area contributed by atoms with Crippen LogP contribution < -0.4 is 9.92 Å². The van der Waals surface area contributed by atoms with E-state index in [-0.39, 0.29) is 46.7 Å². The summed E-state index contributed by atoms with van der Waals surface area (Å²) < 4.78 is 30.3. The van der Waals surface area contributed by atoms with Crippen LogP contribution in [0.25, 0.3) is 6.08 Å². The van der Waals surface area contributed by atoms with Gasteiger partial charge in [-0.25, -0.2) is 0 Å². The topological polar surface area (TPSA) is 150 Å². The van der Waals surface area contributed by atoms with Gasteiger partial charge in [0.2, 0.25) is 0 Å². The Balaban J connectivity index is 0.00000363. The number of nitro groups is 1. The van der Waals surface area contributed by atoms with Crippen LogP contribution >= 0.6 is 24.2 Å². The van der Waals surface area contributed by atoms with Gasteiger partial charge in [0.25, 0.3) is 16.8 Å². The Labute approximate surface area is 194 Å². The molecule has 0 radical (unpaired) electrons. The summed E-state index contributed by atoms with van der Waals surface area (Å²) in [5, 5.41) is 10.5.